The lowest BCUT2D eigenvalue weighted by atomic mass is 10.1. The Labute approximate surface area is 126 Å². The highest BCUT2D eigenvalue weighted by molar-refractivity contribution is 5.80. The van der Waals surface area contributed by atoms with Crippen LogP contribution in [0.5, 0.6) is 0 Å². The lowest BCUT2D eigenvalue weighted by molar-refractivity contribution is -0.140. The Morgan fingerprint density at radius 2 is 2.05 bits per heavy atom. The average molecular weight is 291 g/mol. The minimum atomic E-state index is -0.227. The van der Waals surface area contributed by atoms with Crippen molar-refractivity contribution in [2.75, 3.05) is 20.7 Å². The fourth-order valence-electron chi connectivity index (χ4n) is 1.91. The molecule has 0 fully saturated rings. The molecule has 2 N–H and O–H groups in total. The topological polar surface area (TPSA) is 62.7 Å². The number of benzene rings is 1. The molecule has 0 spiro atoms. The van der Waals surface area contributed by atoms with Crippen LogP contribution in [0.4, 0.5) is 0 Å². The third-order valence-corrected chi connectivity index (χ3v) is 3.16. The van der Waals surface area contributed by atoms with Crippen LogP contribution in [0, 0.1) is 0 Å². The monoisotopic (exact) mass is 291 g/mol. The summed E-state index contributed by atoms with van der Waals surface area (Å²) >= 11 is 0. The minimum Gasteiger partial charge on any atom is -0.469 e. The summed E-state index contributed by atoms with van der Waals surface area (Å²) in [7, 11) is 3.11. The molecule has 0 saturated carbocycles. The van der Waals surface area contributed by atoms with Gasteiger partial charge in [0, 0.05) is 19.6 Å². The van der Waals surface area contributed by atoms with Gasteiger partial charge in [-0.1, -0.05) is 30.3 Å². The van der Waals surface area contributed by atoms with Gasteiger partial charge >= 0.3 is 5.97 Å². The molecule has 0 radical (unpaired) electrons. The van der Waals surface area contributed by atoms with E-state index in [2.05, 4.69) is 51.6 Å². The van der Waals surface area contributed by atoms with Crippen LogP contribution in [0.2, 0.25) is 0 Å². The maximum atomic E-state index is 11.0. The molecule has 1 atom stereocenters. The normalized spacial score (nSPS) is 12.6. The van der Waals surface area contributed by atoms with Crippen LogP contribution in [-0.4, -0.2) is 38.7 Å². The summed E-state index contributed by atoms with van der Waals surface area (Å²) in [5.41, 5.74) is 1.33. The molecule has 1 aromatic rings. The van der Waals surface area contributed by atoms with Crippen molar-refractivity contribution in [3.63, 3.8) is 0 Å². The lowest BCUT2D eigenvalue weighted by Gasteiger charge is -2.17. The number of esters is 1. The summed E-state index contributed by atoms with van der Waals surface area (Å²) in [5.74, 6) is 0.481. The highest BCUT2D eigenvalue weighted by Gasteiger charge is 2.06. The molecular weight excluding hydrogens is 266 g/mol. The third kappa shape index (κ3) is 7.34. The van der Waals surface area contributed by atoms with Crippen LogP contribution in [0.25, 0.3) is 0 Å². The lowest BCUT2D eigenvalue weighted by Crippen LogP contribution is -2.43. The molecule has 0 heterocycles. The average Bonchev–Trinajstić information content (AvgIpc) is 2.52. The smallest absolute Gasteiger partial charge is 0.307 e. The van der Waals surface area contributed by atoms with E-state index in [0.717, 1.165) is 12.8 Å². The van der Waals surface area contributed by atoms with Crippen molar-refractivity contribution in [1.82, 2.24) is 10.6 Å². The predicted molar refractivity (Wildman–Crippen MR) is 85.4 cm³/mol. The van der Waals surface area contributed by atoms with Crippen LogP contribution in [-0.2, 0) is 16.0 Å². The molecule has 1 rings (SSSR count). The molecule has 5 heteroatoms. The van der Waals surface area contributed by atoms with Crippen molar-refractivity contribution in [3.05, 3.63) is 35.9 Å². The van der Waals surface area contributed by atoms with Crippen LogP contribution in [0.3, 0.4) is 0 Å². The standard InChI is InChI=1S/C16H25N3O2/c1-13(9-10-14-7-5-4-6-8-14)19-16(17-2)18-12-11-15(20)21-3/h4-8,13H,9-12H2,1-3H3,(H2,17,18,19). The number of nitrogens with zero attached hydrogens (tertiary/aromatic N) is 1. The first-order chi connectivity index (χ1) is 10.2. The second-order valence-electron chi connectivity index (χ2n) is 4.89. The summed E-state index contributed by atoms with van der Waals surface area (Å²) in [5, 5.41) is 6.42. The zero-order valence-corrected chi connectivity index (χ0v) is 13.1. The number of hydrogen-bond acceptors (Lipinski definition) is 3. The van der Waals surface area contributed by atoms with Gasteiger partial charge in [0.2, 0.25) is 0 Å². The quantitative estimate of drug-likeness (QED) is 0.456. The van der Waals surface area contributed by atoms with Crippen molar-refractivity contribution in [2.45, 2.75) is 32.2 Å². The zero-order chi connectivity index (χ0) is 15.5. The molecule has 0 saturated heterocycles. The Balaban J connectivity index is 2.27. The molecule has 116 valence electrons. The zero-order valence-electron chi connectivity index (χ0n) is 13.1. The molecule has 5 nitrogen and oxygen atoms in total. The van der Waals surface area contributed by atoms with E-state index in [1.54, 1.807) is 7.05 Å². The SMILES string of the molecule is CN=C(NCCC(=O)OC)NC(C)CCc1ccccc1. The Bertz CT molecular complexity index is 446. The molecule has 0 aliphatic heterocycles. The van der Waals surface area contributed by atoms with Gasteiger partial charge in [0.1, 0.15) is 0 Å². The van der Waals surface area contributed by atoms with Gasteiger partial charge in [-0.15, -0.1) is 0 Å². The van der Waals surface area contributed by atoms with E-state index in [0.29, 0.717) is 25.0 Å². The first kappa shape index (κ1) is 17.0. The summed E-state index contributed by atoms with van der Waals surface area (Å²) in [6.45, 7) is 2.63. The predicted octanol–water partition coefficient (Wildman–Crippen LogP) is 1.74. The van der Waals surface area contributed by atoms with E-state index >= 15 is 0 Å². The fourth-order valence-corrected chi connectivity index (χ4v) is 1.91. The van der Waals surface area contributed by atoms with Crippen molar-refractivity contribution in [2.24, 2.45) is 4.99 Å². The Hall–Kier alpha value is -2.04. The highest BCUT2D eigenvalue weighted by atomic mass is 16.5. The number of rotatable bonds is 7. The van der Waals surface area contributed by atoms with Crippen molar-refractivity contribution >= 4 is 11.9 Å². The van der Waals surface area contributed by atoms with E-state index < -0.39 is 0 Å². The van der Waals surface area contributed by atoms with Crippen LogP contribution >= 0.6 is 0 Å². The molecule has 1 aromatic carbocycles. The first-order valence-electron chi connectivity index (χ1n) is 7.23. The van der Waals surface area contributed by atoms with E-state index in [4.69, 9.17) is 0 Å². The maximum absolute atomic E-state index is 11.0. The van der Waals surface area contributed by atoms with Crippen molar-refractivity contribution < 1.29 is 9.53 Å². The van der Waals surface area contributed by atoms with Crippen molar-refractivity contribution in [1.29, 1.82) is 0 Å². The number of methoxy groups -OCH3 is 1. The minimum absolute atomic E-state index is 0.227. The van der Waals surface area contributed by atoms with Gasteiger partial charge in [-0.3, -0.25) is 9.79 Å². The molecule has 0 aromatic heterocycles. The number of nitrogens with one attached hydrogen (secondary N) is 2. The van der Waals surface area contributed by atoms with Crippen LogP contribution < -0.4 is 10.6 Å². The molecule has 1 unspecified atom stereocenters. The van der Waals surface area contributed by atoms with Gasteiger partial charge < -0.3 is 15.4 Å². The van der Waals surface area contributed by atoms with E-state index in [1.807, 2.05) is 6.07 Å². The first-order valence-corrected chi connectivity index (χ1v) is 7.23. The molecular formula is C16H25N3O2. The fraction of sp³-hybridized carbons (Fsp3) is 0.500. The Morgan fingerprint density at radius 3 is 2.67 bits per heavy atom. The Morgan fingerprint density at radius 1 is 1.33 bits per heavy atom. The number of hydrogen-bond donors (Lipinski definition) is 2. The molecule has 21 heavy (non-hydrogen) atoms. The number of guanidine groups is 1. The summed E-state index contributed by atoms with van der Waals surface area (Å²) < 4.78 is 4.60. The number of ether oxygens (including phenoxy) is 1. The van der Waals surface area contributed by atoms with Gasteiger partial charge in [0.15, 0.2) is 5.96 Å². The van der Waals surface area contributed by atoms with Crippen molar-refractivity contribution in [3.8, 4) is 0 Å². The van der Waals surface area contributed by atoms with Gasteiger partial charge in [-0.2, -0.15) is 0 Å². The largest absolute Gasteiger partial charge is 0.469 e. The second-order valence-corrected chi connectivity index (χ2v) is 4.89. The second kappa shape index (κ2) is 9.80. The van der Waals surface area contributed by atoms with Gasteiger partial charge in [-0.25, -0.2) is 0 Å². The van der Waals surface area contributed by atoms with Crippen LogP contribution in [0.1, 0.15) is 25.3 Å². The van der Waals surface area contributed by atoms with Gasteiger partial charge in [-0.05, 0) is 25.3 Å². The summed E-state index contributed by atoms with van der Waals surface area (Å²) in [6, 6.07) is 10.7. The molecule has 0 aliphatic rings. The summed E-state index contributed by atoms with van der Waals surface area (Å²) in [4.78, 5) is 15.2. The third-order valence-electron chi connectivity index (χ3n) is 3.16. The van der Waals surface area contributed by atoms with Gasteiger partial charge in [0.25, 0.3) is 0 Å². The maximum Gasteiger partial charge on any atom is 0.307 e. The van der Waals surface area contributed by atoms with E-state index in [9.17, 15) is 4.79 Å². The summed E-state index contributed by atoms with van der Waals surface area (Å²) in [6.07, 6.45) is 2.37. The Kier molecular flexibility index (Phi) is 7.94. The number of carbonyl (C=O) groups excluding carboxylic acids is 1. The number of aryl methyl sites for hydroxylation is 1. The van der Waals surface area contributed by atoms with E-state index in [-0.39, 0.29) is 5.97 Å². The van der Waals surface area contributed by atoms with Gasteiger partial charge in [0.05, 0.1) is 13.5 Å². The number of carbonyl (C=O) groups is 1. The van der Waals surface area contributed by atoms with Crippen LogP contribution in [0.15, 0.2) is 35.3 Å². The highest BCUT2D eigenvalue weighted by Crippen LogP contribution is 2.04. The molecule has 0 aliphatic carbocycles. The number of aliphatic imine (C=N–C) groups is 1. The van der Waals surface area contributed by atoms with E-state index in [1.165, 1.54) is 12.7 Å². The molecule has 0 bridgehead atoms. The molecule has 0 amide bonds.